The Kier molecular flexibility index (Phi) is 57.8. The summed E-state index contributed by atoms with van der Waals surface area (Å²) in [6, 6.07) is 0. The molecule has 0 aromatic rings. The minimum atomic E-state index is -4.04. The maximum Gasteiger partial charge on any atom is 1.00 e. The molecule has 0 nitrogen and oxygen atoms in total. The topological polar surface area (TPSA) is 0 Å². The van der Waals surface area contributed by atoms with Crippen molar-refractivity contribution in [3.8, 4) is 0 Å². The van der Waals surface area contributed by atoms with Crippen LogP contribution in [0.3, 0.4) is 0 Å². The fourth-order valence-electron chi connectivity index (χ4n) is 0. The van der Waals surface area contributed by atoms with Gasteiger partial charge < -0.3 is 37.2 Å². The van der Waals surface area contributed by atoms with Crippen LogP contribution in [0.1, 0.15) is 0 Å². The van der Waals surface area contributed by atoms with Crippen LogP contribution >= 0.6 is 145 Å². The Morgan fingerprint density at radius 3 is 0.250 bits per heavy atom. The summed E-state index contributed by atoms with van der Waals surface area (Å²) < 4.78 is 0. The molecule has 0 fully saturated rings. The van der Waals surface area contributed by atoms with Gasteiger partial charge in [0.15, 0.2) is 0 Å². The van der Waals surface area contributed by atoms with E-state index in [-0.39, 0.29) is 191 Å². The first kappa shape index (κ1) is 60.5. The van der Waals surface area contributed by atoms with Crippen LogP contribution in [0.25, 0.3) is 0 Å². The minimum Gasteiger partial charge on any atom is 1.00 e. The van der Waals surface area contributed by atoms with Gasteiger partial charge in [0.05, 0.1) is 0 Å². The molecule has 0 saturated heterocycles. The Balaban J connectivity index is -0.0000000179. The summed E-state index contributed by atoms with van der Waals surface area (Å²) >= 11 is 0. The van der Waals surface area contributed by atoms with Crippen molar-refractivity contribution in [2.24, 2.45) is 0 Å². The van der Waals surface area contributed by atoms with Crippen LogP contribution in [0.4, 0.5) is 0 Å². The zero-order valence-corrected chi connectivity index (χ0v) is 38.7. The molecule has 0 bridgehead atoms. The van der Waals surface area contributed by atoms with Gasteiger partial charge in [-0.25, -0.2) is 0 Å². The maximum atomic E-state index is 5.02. The van der Waals surface area contributed by atoms with Crippen LogP contribution in [-0.4, -0.2) is 0 Å². The summed E-state index contributed by atoms with van der Waals surface area (Å²) in [6.45, 7) is 0. The van der Waals surface area contributed by atoms with Gasteiger partial charge in [0.2, 0.25) is 0 Å². The quantitative estimate of drug-likeness (QED) is 0.212. The fourth-order valence-corrected chi connectivity index (χ4v) is 0. The van der Waals surface area contributed by atoms with Crippen LogP contribution in [0.5, 0.6) is 0 Å². The summed E-state index contributed by atoms with van der Waals surface area (Å²) in [6.07, 6.45) is 0. The fraction of sp³-hybridized carbons (Fsp3) is 0. The Morgan fingerprint density at radius 1 is 0.250 bits per heavy atom. The third kappa shape index (κ3) is 257. The van der Waals surface area contributed by atoms with Crippen LogP contribution in [0.15, 0.2) is 0 Å². The Hall–Kier alpha value is 12.0. The molecule has 0 aromatic carbocycles. The molecule has 156 valence electrons. The SMILES string of the molecule is [Cl-].[Cl-].[Cl-].[Cl][Rh]([Cl])([Cl])([Cl])[Cl].[Cl][Rh]([Cl])([Cl])([Cl])[Cl].[Cl][Rh]([Cl])([Cl])([Cl])[Cl].[K+].[K+].[K+]. The molecule has 0 aliphatic rings. The van der Waals surface area contributed by atoms with E-state index in [1.54, 1.807) is 0 Å². The van der Waals surface area contributed by atoms with Gasteiger partial charge >= 0.3 is 325 Å². The van der Waals surface area contributed by atoms with Crippen molar-refractivity contribution >= 4 is 145 Å². The third-order valence-electron chi connectivity index (χ3n) is 0. The maximum absolute atomic E-state index is 5.02. The molecule has 0 rings (SSSR count). The molecule has 0 saturated carbocycles. The summed E-state index contributed by atoms with van der Waals surface area (Å²) in [5, 5.41) is 0. The Bertz CT molecular complexity index is 173. The van der Waals surface area contributed by atoms with Crippen LogP contribution in [0.2, 0.25) is 0 Å². The predicted octanol–water partition coefficient (Wildman–Crippen LogP) is -7.64. The van der Waals surface area contributed by atoms with Gasteiger partial charge in [-0.2, -0.15) is 0 Å². The number of hydrogen-bond donors (Lipinski definition) is 0. The van der Waals surface area contributed by atoms with Crippen molar-refractivity contribution in [2.75, 3.05) is 0 Å². The molecule has 0 N–H and O–H groups in total. The Morgan fingerprint density at radius 2 is 0.250 bits per heavy atom. The van der Waals surface area contributed by atoms with E-state index in [4.69, 9.17) is 145 Å². The number of hydrogen-bond acceptors (Lipinski definition) is 0. The average molecular weight is 1060 g/mol. The van der Waals surface area contributed by atoms with Crippen LogP contribution in [0, 0.1) is 0 Å². The van der Waals surface area contributed by atoms with Gasteiger partial charge in [0.1, 0.15) is 0 Å². The molecule has 0 aromatic heterocycles. The van der Waals surface area contributed by atoms with Gasteiger partial charge in [-0.15, -0.1) is 0 Å². The molecule has 0 spiro atoms. The molecule has 24 heavy (non-hydrogen) atoms. The molecule has 0 amide bonds. The van der Waals surface area contributed by atoms with Gasteiger partial charge in [-0.05, 0) is 0 Å². The summed E-state index contributed by atoms with van der Waals surface area (Å²) in [4.78, 5) is 0. The molecular weight excluding hydrogens is 1060 g/mol. The van der Waals surface area contributed by atoms with E-state index < -0.39 is 25.9 Å². The van der Waals surface area contributed by atoms with E-state index in [2.05, 4.69) is 0 Å². The standard InChI is InChI=1S/18ClH.3K.3Rh/h18*1H;;;;;;/q;;;;;;;;;;;;;;;;;;3*+1;3*+5/p-18. The average Bonchev–Trinajstić information content (AvgIpc) is 1.29. The summed E-state index contributed by atoms with van der Waals surface area (Å²) in [7, 11) is 63.1. The first-order valence-corrected chi connectivity index (χ1v) is 33.5. The van der Waals surface area contributed by atoms with Crippen LogP contribution < -0.4 is 191 Å². The van der Waals surface area contributed by atoms with Crippen molar-refractivity contribution < 1.29 is 217 Å². The van der Waals surface area contributed by atoms with E-state index in [1.807, 2.05) is 0 Å². The van der Waals surface area contributed by atoms with Gasteiger partial charge in [0.25, 0.3) is 0 Å². The molecule has 0 aliphatic heterocycles. The molecule has 0 atom stereocenters. The van der Waals surface area contributed by atoms with E-state index in [0.29, 0.717) is 0 Å². The van der Waals surface area contributed by atoms with E-state index in [9.17, 15) is 0 Å². The van der Waals surface area contributed by atoms with Crippen molar-refractivity contribution in [1.29, 1.82) is 0 Å². The van der Waals surface area contributed by atoms with Crippen molar-refractivity contribution in [3.05, 3.63) is 0 Å². The van der Waals surface area contributed by atoms with Gasteiger partial charge in [0, 0.05) is 0 Å². The van der Waals surface area contributed by atoms with E-state index in [1.165, 1.54) is 0 Å². The molecule has 0 heterocycles. The zero-order valence-electron chi connectivity index (χ0n) is 10.8. The number of rotatable bonds is 0. The van der Waals surface area contributed by atoms with E-state index >= 15 is 0 Å². The Labute approximate surface area is 350 Å². The van der Waals surface area contributed by atoms with Gasteiger partial charge in [-0.1, -0.05) is 0 Å². The van der Waals surface area contributed by atoms with Crippen LogP contribution in [-0.2, 0) is 25.9 Å². The summed E-state index contributed by atoms with van der Waals surface area (Å²) in [5.74, 6) is 0. The second-order valence-electron chi connectivity index (χ2n) is 1.43. The van der Waals surface area contributed by atoms with Crippen molar-refractivity contribution in [3.63, 3.8) is 0 Å². The molecular formula is Cl18K3Rh3. The first-order valence-electron chi connectivity index (χ1n) is 1.89. The smallest absolute Gasteiger partial charge is 1.00 e. The predicted molar refractivity (Wildman–Crippen MR) is 87.8 cm³/mol. The third-order valence-corrected chi connectivity index (χ3v) is 0. The second-order valence-corrected chi connectivity index (χ2v) is 76.1. The molecule has 24 heteroatoms. The molecule has 0 aliphatic carbocycles. The second kappa shape index (κ2) is 22.9. The molecule has 0 radical (unpaired) electrons. The minimum absolute atomic E-state index is 0. The monoisotopic (exact) mass is 1060 g/mol. The number of halogens is 18. The first-order chi connectivity index (χ1) is 6.71. The van der Waals surface area contributed by atoms with E-state index in [0.717, 1.165) is 0 Å². The van der Waals surface area contributed by atoms with Gasteiger partial charge in [-0.3, -0.25) is 0 Å². The molecule has 0 unspecified atom stereocenters. The summed E-state index contributed by atoms with van der Waals surface area (Å²) in [5.41, 5.74) is 0. The normalized spacial score (nSPS) is 14.4. The largest absolute Gasteiger partial charge is 1.00 e. The zero-order chi connectivity index (χ0) is 16.3. The van der Waals surface area contributed by atoms with Crippen molar-refractivity contribution in [1.82, 2.24) is 0 Å². The van der Waals surface area contributed by atoms with Crippen molar-refractivity contribution in [2.45, 2.75) is 0 Å².